The normalized spacial score (nSPS) is 10.9. The fourth-order valence-electron chi connectivity index (χ4n) is 3.40. The number of H-pyrrole nitrogens is 1. The molecule has 4 aromatic rings. The third-order valence-corrected chi connectivity index (χ3v) is 4.92. The number of nitrogens with one attached hydrogen (secondary N) is 1. The van der Waals surface area contributed by atoms with E-state index in [2.05, 4.69) is 49.3 Å². The van der Waals surface area contributed by atoms with E-state index < -0.39 is 0 Å². The number of para-hydroxylation sites is 1. The van der Waals surface area contributed by atoms with Crippen LogP contribution in [-0.2, 0) is 0 Å². The van der Waals surface area contributed by atoms with Crippen LogP contribution in [0, 0.1) is 20.8 Å². The molecule has 3 nitrogen and oxygen atoms in total. The molecule has 134 valence electrons. The summed E-state index contributed by atoms with van der Waals surface area (Å²) in [6.07, 6.45) is 0. The van der Waals surface area contributed by atoms with E-state index in [4.69, 9.17) is 0 Å². The van der Waals surface area contributed by atoms with Gasteiger partial charge in [-0.05, 0) is 38.0 Å². The van der Waals surface area contributed by atoms with Gasteiger partial charge in [-0.15, -0.1) is 0 Å². The molecule has 0 saturated carbocycles. The minimum Gasteiger partial charge on any atom is -0.267 e. The Labute approximate surface area is 158 Å². The average molecular weight is 354 g/mol. The van der Waals surface area contributed by atoms with Crippen molar-refractivity contribution in [3.05, 3.63) is 99.8 Å². The van der Waals surface area contributed by atoms with Gasteiger partial charge in [0.05, 0.1) is 16.9 Å². The summed E-state index contributed by atoms with van der Waals surface area (Å²) < 4.78 is 1.91. The molecule has 27 heavy (non-hydrogen) atoms. The van der Waals surface area contributed by atoms with E-state index in [1.54, 1.807) is 0 Å². The zero-order chi connectivity index (χ0) is 19.0. The molecule has 3 aromatic carbocycles. The van der Waals surface area contributed by atoms with E-state index in [9.17, 15) is 4.79 Å². The molecular formula is C24H22N2O. The molecule has 0 saturated heterocycles. The lowest BCUT2D eigenvalue weighted by Gasteiger charge is -2.13. The molecule has 0 bridgehead atoms. The molecule has 0 spiro atoms. The van der Waals surface area contributed by atoms with Crippen molar-refractivity contribution < 1.29 is 0 Å². The van der Waals surface area contributed by atoms with Crippen LogP contribution in [0.3, 0.4) is 0 Å². The summed E-state index contributed by atoms with van der Waals surface area (Å²) in [6, 6.07) is 24.5. The monoisotopic (exact) mass is 354 g/mol. The molecule has 0 radical (unpaired) electrons. The molecule has 0 atom stereocenters. The Morgan fingerprint density at radius 3 is 1.85 bits per heavy atom. The van der Waals surface area contributed by atoms with Crippen molar-refractivity contribution in [3.8, 4) is 28.1 Å². The fraction of sp³-hybridized carbons (Fsp3) is 0.125. The predicted octanol–water partition coefficient (Wildman–Crippen LogP) is 5.42. The van der Waals surface area contributed by atoms with Gasteiger partial charge in [0.25, 0.3) is 5.56 Å². The quantitative estimate of drug-likeness (QED) is 0.524. The van der Waals surface area contributed by atoms with Gasteiger partial charge in [-0.25, -0.2) is 0 Å². The summed E-state index contributed by atoms with van der Waals surface area (Å²) in [7, 11) is 0. The molecule has 4 rings (SSSR count). The maximum Gasteiger partial charge on any atom is 0.272 e. The molecular weight excluding hydrogens is 332 g/mol. The van der Waals surface area contributed by atoms with Gasteiger partial charge in [0.2, 0.25) is 0 Å². The fourth-order valence-corrected chi connectivity index (χ4v) is 3.40. The van der Waals surface area contributed by atoms with Crippen molar-refractivity contribution in [2.75, 3.05) is 0 Å². The van der Waals surface area contributed by atoms with Crippen LogP contribution in [-0.4, -0.2) is 9.78 Å². The largest absolute Gasteiger partial charge is 0.272 e. The van der Waals surface area contributed by atoms with Crippen molar-refractivity contribution in [1.29, 1.82) is 0 Å². The van der Waals surface area contributed by atoms with Gasteiger partial charge in [-0.3, -0.25) is 14.6 Å². The van der Waals surface area contributed by atoms with Crippen LogP contribution in [0.15, 0.2) is 77.6 Å². The number of aromatic nitrogens is 2. The SMILES string of the molecule is Cc1ccc(-c2c(-c3ccc(C)cc3)n(-c3ccccc3C)[nH]c2=O)cc1. The lowest BCUT2D eigenvalue weighted by molar-refractivity contribution is 0.864. The third kappa shape index (κ3) is 3.13. The Bertz CT molecular complexity index is 1150. The van der Waals surface area contributed by atoms with Gasteiger partial charge in [0.1, 0.15) is 0 Å². The van der Waals surface area contributed by atoms with Crippen LogP contribution in [0.5, 0.6) is 0 Å². The molecule has 0 aliphatic rings. The van der Waals surface area contributed by atoms with Crippen LogP contribution in [0.4, 0.5) is 0 Å². The van der Waals surface area contributed by atoms with Gasteiger partial charge in [0, 0.05) is 5.56 Å². The van der Waals surface area contributed by atoms with Gasteiger partial charge >= 0.3 is 0 Å². The summed E-state index contributed by atoms with van der Waals surface area (Å²) in [5.74, 6) is 0. The summed E-state index contributed by atoms with van der Waals surface area (Å²) in [5, 5.41) is 3.06. The maximum atomic E-state index is 13.0. The highest BCUT2D eigenvalue weighted by Gasteiger charge is 2.20. The van der Waals surface area contributed by atoms with E-state index in [1.807, 2.05) is 54.1 Å². The highest BCUT2D eigenvalue weighted by Crippen LogP contribution is 2.32. The summed E-state index contributed by atoms with van der Waals surface area (Å²) in [5.41, 5.74) is 7.87. The molecule has 3 heteroatoms. The lowest BCUT2D eigenvalue weighted by atomic mass is 9.99. The predicted molar refractivity (Wildman–Crippen MR) is 111 cm³/mol. The first-order chi connectivity index (χ1) is 13.0. The Kier molecular flexibility index (Phi) is 4.28. The van der Waals surface area contributed by atoms with E-state index in [0.717, 1.165) is 28.1 Å². The number of aromatic amines is 1. The van der Waals surface area contributed by atoms with E-state index >= 15 is 0 Å². The van der Waals surface area contributed by atoms with E-state index in [0.29, 0.717) is 5.56 Å². The van der Waals surface area contributed by atoms with E-state index in [-0.39, 0.29) is 5.56 Å². The van der Waals surface area contributed by atoms with Gasteiger partial charge < -0.3 is 0 Å². The van der Waals surface area contributed by atoms with Crippen LogP contribution in [0.2, 0.25) is 0 Å². The molecule has 1 N–H and O–H groups in total. The van der Waals surface area contributed by atoms with Crippen LogP contribution in [0.1, 0.15) is 16.7 Å². The molecule has 0 amide bonds. The zero-order valence-corrected chi connectivity index (χ0v) is 15.8. The van der Waals surface area contributed by atoms with Crippen molar-refractivity contribution in [2.45, 2.75) is 20.8 Å². The first-order valence-electron chi connectivity index (χ1n) is 9.10. The topological polar surface area (TPSA) is 37.8 Å². The third-order valence-electron chi connectivity index (χ3n) is 4.92. The molecule has 1 aromatic heterocycles. The average Bonchev–Trinajstić information content (AvgIpc) is 3.00. The zero-order valence-electron chi connectivity index (χ0n) is 15.8. The molecule has 0 fully saturated rings. The smallest absolute Gasteiger partial charge is 0.267 e. The molecule has 0 aliphatic heterocycles. The van der Waals surface area contributed by atoms with Crippen molar-refractivity contribution in [1.82, 2.24) is 9.78 Å². The number of hydrogen-bond donors (Lipinski definition) is 1. The highest BCUT2D eigenvalue weighted by molar-refractivity contribution is 5.82. The number of rotatable bonds is 3. The van der Waals surface area contributed by atoms with Crippen molar-refractivity contribution in [3.63, 3.8) is 0 Å². The Morgan fingerprint density at radius 2 is 1.26 bits per heavy atom. The lowest BCUT2D eigenvalue weighted by Crippen LogP contribution is -2.06. The van der Waals surface area contributed by atoms with Crippen LogP contribution >= 0.6 is 0 Å². The number of benzene rings is 3. The van der Waals surface area contributed by atoms with E-state index in [1.165, 1.54) is 11.1 Å². The number of aryl methyl sites for hydroxylation is 3. The minimum absolute atomic E-state index is 0.0855. The summed E-state index contributed by atoms with van der Waals surface area (Å²) in [4.78, 5) is 13.0. The first-order valence-corrected chi connectivity index (χ1v) is 9.10. The first kappa shape index (κ1) is 17.1. The minimum atomic E-state index is -0.0855. The number of hydrogen-bond acceptors (Lipinski definition) is 1. The highest BCUT2D eigenvalue weighted by atomic mass is 16.1. The molecule has 1 heterocycles. The van der Waals surface area contributed by atoms with Crippen LogP contribution in [0.25, 0.3) is 28.1 Å². The second kappa shape index (κ2) is 6.76. The number of nitrogens with zero attached hydrogens (tertiary/aromatic N) is 1. The van der Waals surface area contributed by atoms with Crippen molar-refractivity contribution in [2.24, 2.45) is 0 Å². The Morgan fingerprint density at radius 1 is 0.704 bits per heavy atom. The molecule has 0 unspecified atom stereocenters. The van der Waals surface area contributed by atoms with Gasteiger partial charge in [-0.2, -0.15) is 0 Å². The maximum absolute atomic E-state index is 13.0. The second-order valence-corrected chi connectivity index (χ2v) is 7.02. The summed E-state index contributed by atoms with van der Waals surface area (Å²) in [6.45, 7) is 6.17. The Hall–Kier alpha value is -3.33. The standard InChI is InChI=1S/C24H22N2O/c1-16-8-12-19(13-9-16)22-23(20-14-10-17(2)11-15-20)26(25-24(22)27)21-7-5-4-6-18(21)3/h4-15H,1-3H3,(H,25,27). The van der Waals surface area contributed by atoms with Gasteiger partial charge in [-0.1, -0.05) is 77.9 Å². The van der Waals surface area contributed by atoms with Crippen LogP contribution < -0.4 is 5.56 Å². The second-order valence-electron chi connectivity index (χ2n) is 7.02. The Balaban J connectivity index is 2.05. The molecule has 0 aliphatic carbocycles. The summed E-state index contributed by atoms with van der Waals surface area (Å²) >= 11 is 0. The van der Waals surface area contributed by atoms with Crippen molar-refractivity contribution >= 4 is 0 Å². The van der Waals surface area contributed by atoms with Gasteiger partial charge in [0.15, 0.2) is 0 Å².